The first-order valence-corrected chi connectivity index (χ1v) is 11.1. The van der Waals surface area contributed by atoms with Crippen molar-refractivity contribution in [2.75, 3.05) is 26.2 Å². The number of fused-ring (bicyclic) bond motifs is 1. The number of piperidine rings is 1. The van der Waals surface area contributed by atoms with Crippen LogP contribution in [0.15, 0.2) is 42.6 Å². The van der Waals surface area contributed by atoms with E-state index in [1.54, 1.807) is 6.20 Å². The van der Waals surface area contributed by atoms with Gasteiger partial charge in [0.15, 0.2) is 5.65 Å². The largest absolute Gasteiger partial charge is 0.351 e. The molecule has 1 saturated heterocycles. The van der Waals surface area contributed by atoms with E-state index in [0.29, 0.717) is 12.1 Å². The highest BCUT2D eigenvalue weighted by molar-refractivity contribution is 5.95. The van der Waals surface area contributed by atoms with Crippen LogP contribution in [0.4, 0.5) is 0 Å². The summed E-state index contributed by atoms with van der Waals surface area (Å²) in [7, 11) is 0. The van der Waals surface area contributed by atoms with E-state index >= 15 is 0 Å². The van der Waals surface area contributed by atoms with E-state index in [9.17, 15) is 4.79 Å². The van der Waals surface area contributed by atoms with Gasteiger partial charge in [0, 0.05) is 37.0 Å². The average molecular weight is 406 g/mol. The fourth-order valence-electron chi connectivity index (χ4n) is 4.13. The summed E-state index contributed by atoms with van der Waals surface area (Å²) < 4.78 is 2.14. The van der Waals surface area contributed by atoms with E-state index in [1.807, 2.05) is 36.4 Å². The Hall–Kier alpha value is -2.73. The summed E-state index contributed by atoms with van der Waals surface area (Å²) >= 11 is 0. The molecule has 0 bridgehead atoms. The van der Waals surface area contributed by atoms with E-state index in [1.165, 1.54) is 12.8 Å². The lowest BCUT2D eigenvalue weighted by Gasteiger charge is -2.30. The molecule has 4 rings (SSSR count). The van der Waals surface area contributed by atoms with Gasteiger partial charge in [-0.25, -0.2) is 9.97 Å². The number of benzene rings is 1. The number of carbonyl (C=O) groups excluding carboxylic acids is 1. The number of nitrogens with zero attached hydrogens (tertiary/aromatic N) is 4. The zero-order valence-corrected chi connectivity index (χ0v) is 18.0. The van der Waals surface area contributed by atoms with Gasteiger partial charge < -0.3 is 14.8 Å². The second-order valence-electron chi connectivity index (χ2n) is 8.29. The highest BCUT2D eigenvalue weighted by Gasteiger charge is 2.17. The van der Waals surface area contributed by atoms with Gasteiger partial charge in [-0.2, -0.15) is 0 Å². The molecule has 6 heteroatoms. The number of amides is 1. The molecule has 1 aromatic carbocycles. The summed E-state index contributed by atoms with van der Waals surface area (Å²) in [4.78, 5) is 24.5. The molecule has 0 aliphatic carbocycles. The summed E-state index contributed by atoms with van der Waals surface area (Å²) in [6.45, 7) is 9.16. The monoisotopic (exact) mass is 405 g/mol. The minimum Gasteiger partial charge on any atom is -0.351 e. The lowest BCUT2D eigenvalue weighted by Crippen LogP contribution is -2.39. The van der Waals surface area contributed by atoms with Crippen molar-refractivity contribution < 1.29 is 4.79 Å². The molecule has 0 radical (unpaired) electrons. The number of imidazole rings is 1. The second-order valence-corrected chi connectivity index (χ2v) is 8.29. The van der Waals surface area contributed by atoms with Gasteiger partial charge >= 0.3 is 0 Å². The van der Waals surface area contributed by atoms with Gasteiger partial charge in [-0.3, -0.25) is 4.79 Å². The maximum absolute atomic E-state index is 12.7. The summed E-state index contributed by atoms with van der Waals surface area (Å²) in [5.74, 6) is 1.66. The summed E-state index contributed by atoms with van der Waals surface area (Å²) in [6, 6.07) is 11.6. The first-order valence-electron chi connectivity index (χ1n) is 11.1. The van der Waals surface area contributed by atoms with E-state index in [0.717, 1.165) is 61.1 Å². The first kappa shape index (κ1) is 20.5. The van der Waals surface area contributed by atoms with Crippen LogP contribution in [0, 0.1) is 5.92 Å². The molecule has 0 spiro atoms. The molecule has 0 atom stereocenters. The number of hydrogen-bond donors (Lipinski definition) is 1. The molecule has 0 saturated carbocycles. The Balaban J connectivity index is 1.47. The van der Waals surface area contributed by atoms with Crippen LogP contribution in [0.1, 0.15) is 43.5 Å². The van der Waals surface area contributed by atoms with Crippen molar-refractivity contribution in [3.8, 4) is 11.4 Å². The van der Waals surface area contributed by atoms with E-state index < -0.39 is 0 Å². The molecule has 1 N–H and O–H groups in total. The Labute approximate surface area is 178 Å². The molecule has 30 heavy (non-hydrogen) atoms. The quantitative estimate of drug-likeness (QED) is 0.646. The van der Waals surface area contributed by atoms with Gasteiger partial charge in [0.2, 0.25) is 0 Å². The maximum atomic E-state index is 12.7. The van der Waals surface area contributed by atoms with Crippen molar-refractivity contribution in [3.63, 3.8) is 0 Å². The lowest BCUT2D eigenvalue weighted by atomic mass is 9.99. The first-order chi connectivity index (χ1) is 14.7. The fraction of sp³-hybridized carbons (Fsp3) is 0.458. The van der Waals surface area contributed by atoms with Crippen LogP contribution in [-0.4, -0.2) is 51.5 Å². The van der Waals surface area contributed by atoms with Gasteiger partial charge in [0.05, 0.1) is 0 Å². The van der Waals surface area contributed by atoms with Crippen LogP contribution >= 0.6 is 0 Å². The van der Waals surface area contributed by atoms with Gasteiger partial charge in [-0.05, 0) is 62.5 Å². The van der Waals surface area contributed by atoms with Gasteiger partial charge in [0.25, 0.3) is 5.91 Å². The highest BCUT2D eigenvalue weighted by atomic mass is 16.1. The molecular weight excluding hydrogens is 374 g/mol. The van der Waals surface area contributed by atoms with E-state index in [2.05, 4.69) is 33.6 Å². The molecule has 1 aliphatic heterocycles. The van der Waals surface area contributed by atoms with Crippen molar-refractivity contribution >= 4 is 17.1 Å². The lowest BCUT2D eigenvalue weighted by molar-refractivity contribution is 0.0944. The Bertz CT molecular complexity index is 1000. The molecule has 3 heterocycles. The average Bonchev–Trinajstić information content (AvgIpc) is 3.14. The Kier molecular flexibility index (Phi) is 6.43. The zero-order chi connectivity index (χ0) is 20.9. The van der Waals surface area contributed by atoms with Crippen LogP contribution in [0.2, 0.25) is 0 Å². The van der Waals surface area contributed by atoms with Crippen molar-refractivity contribution in [3.05, 3.63) is 48.2 Å². The van der Waals surface area contributed by atoms with Crippen molar-refractivity contribution in [1.29, 1.82) is 0 Å². The minimum atomic E-state index is -0.0292. The topological polar surface area (TPSA) is 63.1 Å². The Morgan fingerprint density at radius 2 is 2.00 bits per heavy atom. The molecule has 158 valence electrons. The molecule has 6 nitrogen and oxygen atoms in total. The second kappa shape index (κ2) is 9.39. The number of aromatic nitrogens is 3. The summed E-state index contributed by atoms with van der Waals surface area (Å²) in [5, 5.41) is 3.08. The minimum absolute atomic E-state index is 0.0292. The third kappa shape index (κ3) is 4.54. The molecule has 1 amide bonds. The predicted octanol–water partition coefficient (Wildman–Crippen LogP) is 3.97. The number of nitrogens with one attached hydrogen (secondary N) is 1. The molecule has 2 aromatic heterocycles. The maximum Gasteiger partial charge on any atom is 0.251 e. The zero-order valence-electron chi connectivity index (χ0n) is 18.0. The molecular formula is C24H31N5O. The van der Waals surface area contributed by atoms with E-state index in [4.69, 9.17) is 4.98 Å². The normalized spacial score (nSPS) is 15.5. The van der Waals surface area contributed by atoms with Crippen LogP contribution in [-0.2, 0) is 6.54 Å². The van der Waals surface area contributed by atoms with Crippen molar-refractivity contribution in [2.24, 2.45) is 5.92 Å². The van der Waals surface area contributed by atoms with Crippen molar-refractivity contribution in [2.45, 2.75) is 39.7 Å². The molecule has 1 fully saturated rings. The molecule has 3 aromatic rings. The molecule has 0 unspecified atom stereocenters. The number of likely N-dealkylation sites (tertiary alicyclic amines) is 1. The van der Waals surface area contributed by atoms with E-state index in [-0.39, 0.29) is 5.91 Å². The fourth-order valence-corrected chi connectivity index (χ4v) is 4.13. The number of hydrogen-bond acceptors (Lipinski definition) is 4. The molecule has 1 aliphatic rings. The standard InChI is InChI=1S/C24H31N5O/c1-3-13-29-22(27-21-8-5-11-25-23(21)29)19-6-4-7-20(17-19)24(30)26-12-16-28-14-9-18(2)10-15-28/h4-8,11,17-18H,3,9-10,12-16H2,1-2H3,(H,26,30). The van der Waals surface area contributed by atoms with Crippen LogP contribution < -0.4 is 5.32 Å². The third-order valence-electron chi connectivity index (χ3n) is 5.92. The smallest absolute Gasteiger partial charge is 0.251 e. The Morgan fingerprint density at radius 1 is 1.17 bits per heavy atom. The third-order valence-corrected chi connectivity index (χ3v) is 5.92. The summed E-state index contributed by atoms with van der Waals surface area (Å²) in [5.41, 5.74) is 3.38. The number of carbonyl (C=O) groups is 1. The van der Waals surface area contributed by atoms with Crippen LogP contribution in [0.25, 0.3) is 22.6 Å². The van der Waals surface area contributed by atoms with Crippen LogP contribution in [0.3, 0.4) is 0 Å². The number of pyridine rings is 1. The van der Waals surface area contributed by atoms with Gasteiger partial charge in [0.1, 0.15) is 11.3 Å². The van der Waals surface area contributed by atoms with Gasteiger partial charge in [-0.1, -0.05) is 26.0 Å². The summed E-state index contributed by atoms with van der Waals surface area (Å²) in [6.07, 6.45) is 5.30. The predicted molar refractivity (Wildman–Crippen MR) is 120 cm³/mol. The van der Waals surface area contributed by atoms with Crippen LogP contribution in [0.5, 0.6) is 0 Å². The Morgan fingerprint density at radius 3 is 2.80 bits per heavy atom. The number of rotatable bonds is 7. The highest BCUT2D eigenvalue weighted by Crippen LogP contribution is 2.25. The van der Waals surface area contributed by atoms with Gasteiger partial charge in [-0.15, -0.1) is 0 Å². The number of aryl methyl sites for hydroxylation is 1. The van der Waals surface area contributed by atoms with Crippen molar-refractivity contribution in [1.82, 2.24) is 24.8 Å². The SMILES string of the molecule is CCCn1c(-c2cccc(C(=O)NCCN3CCC(C)CC3)c2)nc2cccnc21.